The molecule has 2 aromatic rings. The molecule has 0 heterocycles. The van der Waals surface area contributed by atoms with Gasteiger partial charge in [-0.05, 0) is 43.7 Å². The number of hydrogen-bond donors (Lipinski definition) is 1. The molecule has 0 bridgehead atoms. The van der Waals surface area contributed by atoms with Crippen molar-refractivity contribution in [3.63, 3.8) is 0 Å². The van der Waals surface area contributed by atoms with Crippen LogP contribution in [0.1, 0.15) is 21.5 Å². The summed E-state index contributed by atoms with van der Waals surface area (Å²) in [7, 11) is 0. The number of carbonyl (C=O) groups is 1. The fraction of sp³-hybridized carbons (Fsp3) is 0.133. The van der Waals surface area contributed by atoms with Gasteiger partial charge >= 0.3 is 0 Å². The van der Waals surface area contributed by atoms with E-state index in [1.165, 1.54) is 24.3 Å². The smallest absolute Gasteiger partial charge is 0.274 e. The molecule has 5 nitrogen and oxygen atoms in total. The Morgan fingerprint density at radius 2 is 1.86 bits per heavy atom. The van der Waals surface area contributed by atoms with E-state index >= 15 is 0 Å². The number of nitrogens with zero attached hydrogens (tertiary/aromatic N) is 1. The Balaban J connectivity index is 2.27. The second-order valence-electron chi connectivity index (χ2n) is 4.67. The van der Waals surface area contributed by atoms with Gasteiger partial charge < -0.3 is 5.32 Å². The Labute approximate surface area is 120 Å². The zero-order chi connectivity index (χ0) is 15.6. The second-order valence-corrected chi connectivity index (χ2v) is 4.67. The molecule has 1 N–H and O–H groups in total. The molecule has 21 heavy (non-hydrogen) atoms. The first kappa shape index (κ1) is 14.6. The summed E-state index contributed by atoms with van der Waals surface area (Å²) in [6.07, 6.45) is 0. The number of benzene rings is 2. The molecule has 0 saturated heterocycles. The molecule has 2 rings (SSSR count). The van der Waals surface area contributed by atoms with E-state index < -0.39 is 16.6 Å². The van der Waals surface area contributed by atoms with Crippen LogP contribution in [0, 0.1) is 29.8 Å². The molecule has 1 amide bonds. The number of hydrogen-bond acceptors (Lipinski definition) is 3. The van der Waals surface area contributed by atoms with Crippen molar-refractivity contribution >= 4 is 17.3 Å². The summed E-state index contributed by atoms with van der Waals surface area (Å²) in [6.45, 7) is 3.24. The van der Waals surface area contributed by atoms with E-state index in [-0.39, 0.29) is 5.69 Å². The second kappa shape index (κ2) is 5.70. The Morgan fingerprint density at radius 1 is 1.14 bits per heavy atom. The highest BCUT2D eigenvalue weighted by molar-refractivity contribution is 6.05. The van der Waals surface area contributed by atoms with Crippen LogP contribution < -0.4 is 5.32 Å². The summed E-state index contributed by atoms with van der Waals surface area (Å²) in [4.78, 5) is 22.5. The molecule has 0 atom stereocenters. The summed E-state index contributed by atoms with van der Waals surface area (Å²) in [6, 6.07) is 8.27. The van der Waals surface area contributed by atoms with Gasteiger partial charge in [0.1, 0.15) is 5.82 Å². The average molecular weight is 288 g/mol. The summed E-state index contributed by atoms with van der Waals surface area (Å²) < 4.78 is 13.0. The molecule has 6 heteroatoms. The maximum atomic E-state index is 13.0. The molecule has 0 aromatic heterocycles. The van der Waals surface area contributed by atoms with E-state index in [4.69, 9.17) is 0 Å². The zero-order valence-corrected chi connectivity index (χ0v) is 11.5. The van der Waals surface area contributed by atoms with Gasteiger partial charge in [-0.1, -0.05) is 6.07 Å². The third kappa shape index (κ3) is 3.22. The van der Waals surface area contributed by atoms with E-state index in [1.807, 2.05) is 0 Å². The number of nitro groups is 1. The lowest BCUT2D eigenvalue weighted by Gasteiger charge is -2.08. The van der Waals surface area contributed by atoms with E-state index in [0.29, 0.717) is 22.4 Å². The molecule has 0 unspecified atom stereocenters. The first-order valence-corrected chi connectivity index (χ1v) is 6.21. The number of amides is 1. The van der Waals surface area contributed by atoms with Crippen LogP contribution in [0.25, 0.3) is 0 Å². The first-order chi connectivity index (χ1) is 9.88. The number of anilines is 1. The largest absolute Gasteiger partial charge is 0.322 e. The Hall–Kier alpha value is -2.76. The van der Waals surface area contributed by atoms with E-state index in [9.17, 15) is 19.3 Å². The molecule has 0 radical (unpaired) electrons. The average Bonchev–Trinajstić information content (AvgIpc) is 2.40. The van der Waals surface area contributed by atoms with Crippen LogP contribution >= 0.6 is 0 Å². The van der Waals surface area contributed by atoms with Crippen LogP contribution in [-0.2, 0) is 0 Å². The highest BCUT2D eigenvalue weighted by atomic mass is 19.1. The van der Waals surface area contributed by atoms with Gasteiger partial charge in [0.15, 0.2) is 0 Å². The van der Waals surface area contributed by atoms with Crippen LogP contribution in [0.3, 0.4) is 0 Å². The Kier molecular flexibility index (Phi) is 3.98. The fourth-order valence-electron chi connectivity index (χ4n) is 1.96. The van der Waals surface area contributed by atoms with Gasteiger partial charge in [0.2, 0.25) is 0 Å². The zero-order valence-electron chi connectivity index (χ0n) is 11.5. The van der Waals surface area contributed by atoms with Gasteiger partial charge in [0.25, 0.3) is 11.6 Å². The van der Waals surface area contributed by atoms with Gasteiger partial charge in [-0.25, -0.2) is 4.39 Å². The van der Waals surface area contributed by atoms with Gasteiger partial charge in [-0.2, -0.15) is 0 Å². The molecule has 0 spiro atoms. The topological polar surface area (TPSA) is 72.2 Å². The number of carbonyl (C=O) groups excluding carboxylic acids is 1. The maximum absolute atomic E-state index is 13.0. The number of nitrogens with one attached hydrogen (secondary N) is 1. The highest BCUT2D eigenvalue weighted by Gasteiger charge is 2.14. The Morgan fingerprint density at radius 3 is 2.48 bits per heavy atom. The molecular formula is C15H13FN2O3. The third-order valence-electron chi connectivity index (χ3n) is 3.10. The molecule has 2 aromatic carbocycles. The number of rotatable bonds is 3. The predicted octanol–water partition coefficient (Wildman–Crippen LogP) is 3.60. The minimum atomic E-state index is -0.506. The van der Waals surface area contributed by atoms with Crippen molar-refractivity contribution in [2.45, 2.75) is 13.8 Å². The minimum absolute atomic E-state index is 0.0661. The number of halogens is 1. The molecule has 0 fully saturated rings. The van der Waals surface area contributed by atoms with E-state index in [1.54, 1.807) is 26.0 Å². The molecule has 0 aliphatic carbocycles. The monoisotopic (exact) mass is 288 g/mol. The van der Waals surface area contributed by atoms with Crippen molar-refractivity contribution in [2.75, 3.05) is 5.32 Å². The standard InChI is InChI=1S/C15H13FN2O3/c1-9-3-5-12(8-14(9)18(20)21)17-15(19)13-6-4-11(16)7-10(13)2/h3-8H,1-2H3,(H,17,19). The number of aryl methyl sites for hydroxylation is 2. The fourth-order valence-corrected chi connectivity index (χ4v) is 1.96. The summed E-state index contributed by atoms with van der Waals surface area (Å²) in [5, 5.41) is 13.4. The third-order valence-corrected chi connectivity index (χ3v) is 3.10. The number of nitro benzene ring substituents is 1. The lowest BCUT2D eigenvalue weighted by Crippen LogP contribution is -2.13. The highest BCUT2D eigenvalue weighted by Crippen LogP contribution is 2.23. The van der Waals surface area contributed by atoms with Gasteiger partial charge in [-0.15, -0.1) is 0 Å². The maximum Gasteiger partial charge on any atom is 0.274 e. The van der Waals surface area contributed by atoms with Crippen LogP contribution in [0.15, 0.2) is 36.4 Å². The van der Waals surface area contributed by atoms with Crippen molar-refractivity contribution < 1.29 is 14.1 Å². The summed E-state index contributed by atoms with van der Waals surface area (Å²) in [5.41, 5.74) is 1.58. The van der Waals surface area contributed by atoms with E-state index in [2.05, 4.69) is 5.32 Å². The molecular weight excluding hydrogens is 275 g/mol. The van der Waals surface area contributed by atoms with Crippen molar-refractivity contribution in [1.82, 2.24) is 0 Å². The summed E-state index contributed by atoms with van der Waals surface area (Å²) >= 11 is 0. The van der Waals surface area contributed by atoms with Crippen molar-refractivity contribution in [2.24, 2.45) is 0 Å². The van der Waals surface area contributed by atoms with Gasteiger partial charge in [0.05, 0.1) is 4.92 Å². The molecule has 0 aliphatic rings. The SMILES string of the molecule is Cc1cc(F)ccc1C(=O)Nc1ccc(C)c([N+](=O)[O-])c1. The normalized spacial score (nSPS) is 10.2. The van der Waals surface area contributed by atoms with Gasteiger partial charge in [-0.3, -0.25) is 14.9 Å². The van der Waals surface area contributed by atoms with Crippen LogP contribution in [0.2, 0.25) is 0 Å². The lowest BCUT2D eigenvalue weighted by molar-refractivity contribution is -0.385. The quantitative estimate of drug-likeness (QED) is 0.692. The van der Waals surface area contributed by atoms with Crippen LogP contribution in [0.4, 0.5) is 15.8 Å². The van der Waals surface area contributed by atoms with Crippen molar-refractivity contribution in [1.29, 1.82) is 0 Å². The molecule has 0 saturated carbocycles. The molecule has 108 valence electrons. The van der Waals surface area contributed by atoms with Crippen molar-refractivity contribution in [3.05, 3.63) is 69.0 Å². The first-order valence-electron chi connectivity index (χ1n) is 6.21. The van der Waals surface area contributed by atoms with Crippen LogP contribution in [-0.4, -0.2) is 10.8 Å². The minimum Gasteiger partial charge on any atom is -0.322 e. The summed E-state index contributed by atoms with van der Waals surface area (Å²) in [5.74, 6) is -0.860. The van der Waals surface area contributed by atoms with E-state index in [0.717, 1.165) is 0 Å². The molecule has 0 aliphatic heterocycles. The lowest BCUT2D eigenvalue weighted by atomic mass is 10.1. The Bertz CT molecular complexity index is 729. The van der Waals surface area contributed by atoms with Crippen molar-refractivity contribution in [3.8, 4) is 0 Å². The van der Waals surface area contributed by atoms with Crippen LogP contribution in [0.5, 0.6) is 0 Å². The predicted molar refractivity (Wildman–Crippen MR) is 76.9 cm³/mol. The van der Waals surface area contributed by atoms with Gasteiger partial charge in [0, 0.05) is 22.9 Å².